The number of hydrogen-bond acceptors (Lipinski definition) is 3. The molecule has 17 heavy (non-hydrogen) atoms. The van der Waals surface area contributed by atoms with E-state index in [1.165, 1.54) is 0 Å². The molecule has 0 aromatic heterocycles. The van der Waals surface area contributed by atoms with Crippen molar-refractivity contribution in [3.63, 3.8) is 0 Å². The molecular formula is C10H10F2N2O3. The molecule has 0 heterocycles. The molecule has 7 heteroatoms. The summed E-state index contributed by atoms with van der Waals surface area (Å²) in [6.07, 6.45) is -1.57. The van der Waals surface area contributed by atoms with Gasteiger partial charge < -0.3 is 16.2 Å². The van der Waals surface area contributed by atoms with Gasteiger partial charge in [0.2, 0.25) is 5.91 Å². The number of amides is 2. The fourth-order valence-electron chi connectivity index (χ4n) is 1.06. The van der Waals surface area contributed by atoms with Gasteiger partial charge in [0.1, 0.15) is 6.10 Å². The summed E-state index contributed by atoms with van der Waals surface area (Å²) in [7, 11) is 0. The minimum absolute atomic E-state index is 0.468. The standard InChI is InChI=1S/C10H10F2N2O3/c11-6-3-1-2-5(8(6)12)10(17)14-4-7(15)9(13)16/h1-3,7,15H,4H2,(H2,13,16)(H,14,17). The SMILES string of the molecule is NC(=O)C(O)CNC(=O)c1cccc(F)c1F. The Morgan fingerprint density at radius 2 is 2.06 bits per heavy atom. The van der Waals surface area contributed by atoms with Gasteiger partial charge in [0.05, 0.1) is 12.1 Å². The van der Waals surface area contributed by atoms with E-state index in [0.717, 1.165) is 18.2 Å². The Labute approximate surface area is 95.2 Å². The van der Waals surface area contributed by atoms with Gasteiger partial charge in [-0.1, -0.05) is 6.07 Å². The fraction of sp³-hybridized carbons (Fsp3) is 0.200. The molecule has 1 aromatic rings. The van der Waals surface area contributed by atoms with Crippen molar-refractivity contribution in [2.45, 2.75) is 6.10 Å². The Morgan fingerprint density at radius 3 is 2.65 bits per heavy atom. The lowest BCUT2D eigenvalue weighted by Gasteiger charge is -2.09. The summed E-state index contributed by atoms with van der Waals surface area (Å²) in [4.78, 5) is 21.8. The van der Waals surface area contributed by atoms with Crippen LogP contribution < -0.4 is 11.1 Å². The number of aliphatic hydroxyl groups excluding tert-OH is 1. The Hall–Kier alpha value is -2.02. The summed E-state index contributed by atoms with van der Waals surface area (Å²) in [6.45, 7) is -0.468. The van der Waals surface area contributed by atoms with Crippen LogP contribution >= 0.6 is 0 Å². The van der Waals surface area contributed by atoms with Gasteiger partial charge in [0.15, 0.2) is 11.6 Å². The largest absolute Gasteiger partial charge is 0.381 e. The Kier molecular flexibility index (Phi) is 4.11. The first kappa shape index (κ1) is 13.0. The van der Waals surface area contributed by atoms with Crippen LogP contribution in [0.15, 0.2) is 18.2 Å². The third-order valence-corrected chi connectivity index (χ3v) is 1.98. The predicted octanol–water partition coefficient (Wildman–Crippen LogP) is -0.459. The van der Waals surface area contributed by atoms with Gasteiger partial charge in [-0.25, -0.2) is 8.78 Å². The first-order valence-corrected chi connectivity index (χ1v) is 4.63. The third kappa shape index (κ3) is 3.22. The van der Waals surface area contributed by atoms with E-state index in [9.17, 15) is 18.4 Å². The van der Waals surface area contributed by atoms with Gasteiger partial charge in [-0.2, -0.15) is 0 Å². The smallest absolute Gasteiger partial charge is 0.254 e. The Morgan fingerprint density at radius 1 is 1.41 bits per heavy atom. The number of hydrogen-bond donors (Lipinski definition) is 3. The van der Waals surface area contributed by atoms with E-state index in [-0.39, 0.29) is 0 Å². The minimum atomic E-state index is -1.57. The van der Waals surface area contributed by atoms with Gasteiger partial charge >= 0.3 is 0 Å². The normalized spacial score (nSPS) is 11.9. The van der Waals surface area contributed by atoms with Gasteiger partial charge in [-0.05, 0) is 12.1 Å². The lowest BCUT2D eigenvalue weighted by Crippen LogP contribution is -2.40. The summed E-state index contributed by atoms with van der Waals surface area (Å²) in [5.41, 5.74) is 4.23. The number of benzene rings is 1. The monoisotopic (exact) mass is 244 g/mol. The number of nitrogens with two attached hydrogens (primary N) is 1. The molecule has 0 radical (unpaired) electrons. The van der Waals surface area contributed by atoms with E-state index in [1.54, 1.807) is 0 Å². The summed E-state index contributed by atoms with van der Waals surface area (Å²) >= 11 is 0. The number of rotatable bonds is 4. The molecule has 1 rings (SSSR count). The Balaban J connectivity index is 2.71. The molecular weight excluding hydrogens is 234 g/mol. The van der Waals surface area contributed by atoms with Crippen molar-refractivity contribution in [3.8, 4) is 0 Å². The highest BCUT2D eigenvalue weighted by Crippen LogP contribution is 2.10. The molecule has 0 spiro atoms. The molecule has 0 aliphatic heterocycles. The molecule has 2 amide bonds. The average molecular weight is 244 g/mol. The molecule has 1 aromatic carbocycles. The van der Waals surface area contributed by atoms with E-state index in [2.05, 4.69) is 5.32 Å². The summed E-state index contributed by atoms with van der Waals surface area (Å²) < 4.78 is 25.9. The van der Waals surface area contributed by atoms with Crippen LogP contribution in [0.5, 0.6) is 0 Å². The number of carbonyl (C=O) groups is 2. The lowest BCUT2D eigenvalue weighted by atomic mass is 10.2. The number of carbonyl (C=O) groups excluding carboxylic acids is 2. The first-order valence-electron chi connectivity index (χ1n) is 4.63. The van der Waals surface area contributed by atoms with E-state index in [0.29, 0.717) is 0 Å². The second kappa shape index (κ2) is 5.35. The zero-order valence-corrected chi connectivity index (χ0v) is 8.61. The molecule has 5 nitrogen and oxygen atoms in total. The molecule has 1 atom stereocenters. The molecule has 0 aliphatic rings. The first-order chi connectivity index (χ1) is 7.93. The van der Waals surface area contributed by atoms with Gasteiger partial charge in [0.25, 0.3) is 5.91 Å². The van der Waals surface area contributed by atoms with Crippen LogP contribution in [-0.2, 0) is 4.79 Å². The van der Waals surface area contributed by atoms with Crippen molar-refractivity contribution in [2.75, 3.05) is 6.54 Å². The highest BCUT2D eigenvalue weighted by atomic mass is 19.2. The maximum atomic E-state index is 13.1. The zero-order valence-electron chi connectivity index (χ0n) is 8.61. The molecule has 92 valence electrons. The van der Waals surface area contributed by atoms with E-state index in [1.807, 2.05) is 0 Å². The van der Waals surface area contributed by atoms with Crippen molar-refractivity contribution >= 4 is 11.8 Å². The summed E-state index contributed by atoms with van der Waals surface area (Å²) in [6, 6.07) is 3.10. The minimum Gasteiger partial charge on any atom is -0.381 e. The van der Waals surface area contributed by atoms with Crippen LogP contribution in [0, 0.1) is 11.6 Å². The van der Waals surface area contributed by atoms with Crippen molar-refractivity contribution in [1.29, 1.82) is 0 Å². The van der Waals surface area contributed by atoms with Crippen LogP contribution in [0.4, 0.5) is 8.78 Å². The number of primary amides is 1. The highest BCUT2D eigenvalue weighted by Gasteiger charge is 2.17. The molecule has 1 unspecified atom stereocenters. The van der Waals surface area contributed by atoms with Crippen molar-refractivity contribution in [2.24, 2.45) is 5.73 Å². The van der Waals surface area contributed by atoms with Gasteiger partial charge in [-0.15, -0.1) is 0 Å². The van der Waals surface area contributed by atoms with E-state index < -0.39 is 41.7 Å². The topological polar surface area (TPSA) is 92.4 Å². The molecule has 0 saturated carbocycles. The number of halogens is 2. The van der Waals surface area contributed by atoms with Crippen LogP contribution in [0.25, 0.3) is 0 Å². The summed E-state index contributed by atoms with van der Waals surface area (Å²) in [5.74, 6) is -4.42. The van der Waals surface area contributed by atoms with Crippen LogP contribution in [0.2, 0.25) is 0 Å². The number of nitrogens with one attached hydrogen (secondary N) is 1. The quantitative estimate of drug-likeness (QED) is 0.669. The van der Waals surface area contributed by atoms with Crippen LogP contribution in [0.1, 0.15) is 10.4 Å². The molecule has 0 aliphatic carbocycles. The third-order valence-electron chi connectivity index (χ3n) is 1.98. The van der Waals surface area contributed by atoms with Gasteiger partial charge in [-0.3, -0.25) is 9.59 Å². The maximum Gasteiger partial charge on any atom is 0.254 e. The van der Waals surface area contributed by atoms with Crippen LogP contribution in [-0.4, -0.2) is 29.6 Å². The maximum absolute atomic E-state index is 13.1. The molecule has 0 saturated heterocycles. The van der Waals surface area contributed by atoms with Crippen LogP contribution in [0.3, 0.4) is 0 Å². The molecule has 0 bridgehead atoms. The second-order valence-electron chi connectivity index (χ2n) is 3.23. The fourth-order valence-corrected chi connectivity index (χ4v) is 1.06. The molecule has 4 N–H and O–H groups in total. The van der Waals surface area contributed by atoms with Crippen molar-refractivity contribution in [1.82, 2.24) is 5.32 Å². The predicted molar refractivity (Wildman–Crippen MR) is 53.9 cm³/mol. The lowest BCUT2D eigenvalue weighted by molar-refractivity contribution is -0.125. The zero-order chi connectivity index (χ0) is 13.0. The second-order valence-corrected chi connectivity index (χ2v) is 3.23. The highest BCUT2D eigenvalue weighted by molar-refractivity contribution is 5.94. The van der Waals surface area contributed by atoms with E-state index >= 15 is 0 Å². The average Bonchev–Trinajstić information content (AvgIpc) is 2.29. The van der Waals surface area contributed by atoms with E-state index in [4.69, 9.17) is 10.8 Å². The van der Waals surface area contributed by atoms with Gasteiger partial charge in [0, 0.05) is 0 Å². The summed E-state index contributed by atoms with van der Waals surface area (Å²) in [5, 5.41) is 11.0. The number of aliphatic hydroxyl groups is 1. The Bertz CT molecular complexity index is 451. The molecule has 0 fully saturated rings. The van der Waals surface area contributed by atoms with Crippen molar-refractivity contribution < 1.29 is 23.5 Å². The van der Waals surface area contributed by atoms with Crippen molar-refractivity contribution in [3.05, 3.63) is 35.4 Å².